The molecular formula is C11H20N2O4. The molecule has 2 aliphatic heterocycles. The second-order valence-corrected chi connectivity index (χ2v) is 5.51. The van der Waals surface area contributed by atoms with Crippen molar-refractivity contribution < 1.29 is 19.0 Å². The number of carbonyl (C=O) groups excluding carboxylic acids is 1. The van der Waals surface area contributed by atoms with E-state index in [9.17, 15) is 4.79 Å². The number of nitrogens with one attached hydrogen (secondary N) is 1. The van der Waals surface area contributed by atoms with Crippen molar-refractivity contribution in [2.45, 2.75) is 50.7 Å². The molecular weight excluding hydrogens is 224 g/mol. The predicted octanol–water partition coefficient (Wildman–Crippen LogP) is 0.00460. The highest BCUT2D eigenvalue weighted by molar-refractivity contribution is 5.68. The van der Waals surface area contributed by atoms with Gasteiger partial charge in [-0.2, -0.15) is 0 Å². The molecule has 0 aromatic heterocycles. The summed E-state index contributed by atoms with van der Waals surface area (Å²) in [6.07, 6.45) is -0.719. The predicted molar refractivity (Wildman–Crippen MR) is 60.6 cm³/mol. The van der Waals surface area contributed by atoms with Crippen LogP contribution in [0.3, 0.4) is 0 Å². The van der Waals surface area contributed by atoms with Gasteiger partial charge < -0.3 is 25.3 Å². The van der Waals surface area contributed by atoms with Gasteiger partial charge in [0.2, 0.25) is 0 Å². The van der Waals surface area contributed by atoms with E-state index in [2.05, 4.69) is 5.32 Å². The third-order valence-corrected chi connectivity index (χ3v) is 2.79. The largest absolute Gasteiger partial charge is 0.444 e. The van der Waals surface area contributed by atoms with Crippen LogP contribution in [-0.2, 0) is 14.2 Å². The van der Waals surface area contributed by atoms with Crippen LogP contribution in [0.5, 0.6) is 0 Å². The quantitative estimate of drug-likeness (QED) is 0.678. The molecule has 2 rings (SSSR count). The van der Waals surface area contributed by atoms with Crippen LogP contribution in [0.1, 0.15) is 20.8 Å². The zero-order valence-corrected chi connectivity index (χ0v) is 10.4. The molecule has 1 amide bonds. The molecule has 0 saturated carbocycles. The fourth-order valence-electron chi connectivity index (χ4n) is 2.11. The number of fused-ring (bicyclic) bond motifs is 1. The molecule has 2 heterocycles. The van der Waals surface area contributed by atoms with Crippen molar-refractivity contribution >= 4 is 6.09 Å². The normalized spacial score (nSPS) is 36.7. The summed E-state index contributed by atoms with van der Waals surface area (Å²) < 4.78 is 16.2. The van der Waals surface area contributed by atoms with Crippen molar-refractivity contribution in [2.24, 2.45) is 5.73 Å². The molecule has 0 aliphatic carbocycles. The lowest BCUT2D eigenvalue weighted by molar-refractivity contribution is 0.0406. The molecule has 6 nitrogen and oxygen atoms in total. The highest BCUT2D eigenvalue weighted by Gasteiger charge is 2.47. The van der Waals surface area contributed by atoms with Crippen molar-refractivity contribution in [1.82, 2.24) is 5.32 Å². The third kappa shape index (κ3) is 2.88. The first-order chi connectivity index (χ1) is 7.87. The number of carbonyl (C=O) groups is 1. The molecule has 98 valence electrons. The lowest BCUT2D eigenvalue weighted by atomic mass is 10.1. The van der Waals surface area contributed by atoms with Crippen LogP contribution in [0.2, 0.25) is 0 Å². The summed E-state index contributed by atoms with van der Waals surface area (Å²) in [7, 11) is 0. The number of alkyl carbamates (subject to hydrolysis) is 1. The first-order valence-corrected chi connectivity index (χ1v) is 5.85. The van der Waals surface area contributed by atoms with Gasteiger partial charge in [-0.15, -0.1) is 0 Å². The van der Waals surface area contributed by atoms with Gasteiger partial charge >= 0.3 is 6.09 Å². The summed E-state index contributed by atoms with van der Waals surface area (Å²) in [6, 6.07) is -0.283. The van der Waals surface area contributed by atoms with E-state index in [0.29, 0.717) is 13.2 Å². The Morgan fingerprint density at radius 2 is 1.94 bits per heavy atom. The molecule has 2 aliphatic rings. The Labute approximate surface area is 101 Å². The minimum Gasteiger partial charge on any atom is -0.444 e. The molecule has 2 fully saturated rings. The van der Waals surface area contributed by atoms with Gasteiger partial charge in [0.1, 0.15) is 17.8 Å². The van der Waals surface area contributed by atoms with E-state index < -0.39 is 11.7 Å². The number of nitrogens with two attached hydrogens (primary N) is 1. The molecule has 0 aromatic rings. The molecule has 0 unspecified atom stereocenters. The second-order valence-electron chi connectivity index (χ2n) is 5.51. The first-order valence-electron chi connectivity index (χ1n) is 5.85. The maximum atomic E-state index is 11.6. The van der Waals surface area contributed by atoms with Crippen molar-refractivity contribution in [3.63, 3.8) is 0 Å². The summed E-state index contributed by atoms with van der Waals surface area (Å²) in [4.78, 5) is 11.6. The Balaban J connectivity index is 1.86. The fourth-order valence-corrected chi connectivity index (χ4v) is 2.11. The number of hydrogen-bond donors (Lipinski definition) is 2. The van der Waals surface area contributed by atoms with E-state index in [0.717, 1.165) is 0 Å². The highest BCUT2D eigenvalue weighted by Crippen LogP contribution is 2.26. The topological polar surface area (TPSA) is 82.8 Å². The van der Waals surface area contributed by atoms with Gasteiger partial charge in [0.05, 0.1) is 25.3 Å². The van der Waals surface area contributed by atoms with E-state index in [4.69, 9.17) is 19.9 Å². The summed E-state index contributed by atoms with van der Waals surface area (Å²) in [5.41, 5.74) is 5.32. The van der Waals surface area contributed by atoms with Crippen LogP contribution in [0, 0.1) is 0 Å². The maximum absolute atomic E-state index is 11.6. The molecule has 4 atom stereocenters. The molecule has 0 bridgehead atoms. The van der Waals surface area contributed by atoms with E-state index in [1.807, 2.05) is 20.8 Å². The zero-order valence-electron chi connectivity index (χ0n) is 10.4. The molecule has 0 spiro atoms. The Morgan fingerprint density at radius 1 is 1.29 bits per heavy atom. The standard InChI is InChI=1S/C11H20N2O4/c1-11(2,3)17-10(14)13-7-5-16-8-6(12)4-15-9(7)8/h6-9H,4-5,12H2,1-3H3,(H,13,14)/t6-,7-,8-,9-/m1/s1. The minimum absolute atomic E-state index is 0.106. The van der Waals surface area contributed by atoms with Gasteiger partial charge in [-0.1, -0.05) is 0 Å². The summed E-state index contributed by atoms with van der Waals surface area (Å²) >= 11 is 0. The highest BCUT2D eigenvalue weighted by atomic mass is 16.6. The van der Waals surface area contributed by atoms with Gasteiger partial charge in [-0.25, -0.2) is 4.79 Å². The van der Waals surface area contributed by atoms with Gasteiger partial charge in [0, 0.05) is 0 Å². The minimum atomic E-state index is -0.504. The van der Waals surface area contributed by atoms with E-state index in [1.165, 1.54) is 0 Å². The summed E-state index contributed by atoms with van der Waals surface area (Å²) in [6.45, 7) is 6.36. The van der Waals surface area contributed by atoms with Gasteiger partial charge in [-0.05, 0) is 20.8 Å². The van der Waals surface area contributed by atoms with Crippen molar-refractivity contribution in [2.75, 3.05) is 13.2 Å². The Bertz CT molecular complexity index is 302. The lowest BCUT2D eigenvalue weighted by Crippen LogP contribution is -2.46. The molecule has 0 radical (unpaired) electrons. The van der Waals surface area contributed by atoms with Crippen LogP contribution in [-0.4, -0.2) is 49.2 Å². The summed E-state index contributed by atoms with van der Waals surface area (Å²) in [5.74, 6) is 0. The van der Waals surface area contributed by atoms with E-state index >= 15 is 0 Å². The van der Waals surface area contributed by atoms with Crippen LogP contribution in [0.15, 0.2) is 0 Å². The van der Waals surface area contributed by atoms with Crippen LogP contribution >= 0.6 is 0 Å². The second kappa shape index (κ2) is 4.44. The maximum Gasteiger partial charge on any atom is 0.408 e. The lowest BCUT2D eigenvalue weighted by Gasteiger charge is -2.23. The van der Waals surface area contributed by atoms with Gasteiger partial charge in [-0.3, -0.25) is 0 Å². The monoisotopic (exact) mass is 244 g/mol. The number of amides is 1. The Hall–Kier alpha value is -0.850. The molecule has 17 heavy (non-hydrogen) atoms. The zero-order chi connectivity index (χ0) is 12.6. The summed E-state index contributed by atoms with van der Waals surface area (Å²) in [5, 5.41) is 2.76. The first kappa shape index (κ1) is 12.6. The average molecular weight is 244 g/mol. The van der Waals surface area contributed by atoms with E-state index in [1.54, 1.807) is 0 Å². The van der Waals surface area contributed by atoms with Crippen molar-refractivity contribution in [3.8, 4) is 0 Å². The number of rotatable bonds is 1. The number of hydrogen-bond acceptors (Lipinski definition) is 5. The van der Waals surface area contributed by atoms with Crippen molar-refractivity contribution in [1.29, 1.82) is 0 Å². The average Bonchev–Trinajstić information content (AvgIpc) is 2.69. The van der Waals surface area contributed by atoms with Crippen molar-refractivity contribution in [3.05, 3.63) is 0 Å². The third-order valence-electron chi connectivity index (χ3n) is 2.79. The van der Waals surface area contributed by atoms with Gasteiger partial charge in [0.25, 0.3) is 0 Å². The van der Waals surface area contributed by atoms with Crippen LogP contribution in [0.25, 0.3) is 0 Å². The van der Waals surface area contributed by atoms with E-state index in [-0.39, 0.29) is 24.3 Å². The van der Waals surface area contributed by atoms with Gasteiger partial charge in [0.15, 0.2) is 0 Å². The Kier molecular flexibility index (Phi) is 3.29. The fraction of sp³-hybridized carbons (Fsp3) is 0.909. The molecule has 6 heteroatoms. The smallest absolute Gasteiger partial charge is 0.408 e. The molecule has 0 aromatic carbocycles. The Morgan fingerprint density at radius 3 is 2.59 bits per heavy atom. The van der Waals surface area contributed by atoms with Crippen LogP contribution in [0.4, 0.5) is 4.79 Å². The SMILES string of the molecule is CC(C)(C)OC(=O)N[C@@H]1CO[C@H]2[C@@H]1OC[C@H]2N. The number of ether oxygens (including phenoxy) is 3. The molecule has 2 saturated heterocycles. The van der Waals surface area contributed by atoms with Crippen LogP contribution < -0.4 is 11.1 Å². The molecule has 3 N–H and O–H groups in total.